The highest BCUT2D eigenvalue weighted by atomic mass is 35.5. The van der Waals surface area contributed by atoms with Crippen molar-refractivity contribution in [2.45, 2.75) is 25.4 Å². The summed E-state index contributed by atoms with van der Waals surface area (Å²) in [5.41, 5.74) is 8.86. The Morgan fingerprint density at radius 1 is 1.14 bits per heavy atom. The fourth-order valence-electron chi connectivity index (χ4n) is 2.77. The minimum absolute atomic E-state index is 0. The van der Waals surface area contributed by atoms with Crippen LogP contribution in [0.25, 0.3) is 11.1 Å². The number of benzene rings is 2. The molecule has 0 spiro atoms. The standard InChI is InChI=1S/C17H17Cl2NO.ClH/c18-12-5-7-14(16(19)10-12)15-3-1-2-11-4-6-13(8-9-20)21-17(11)15;/h1-3,5,7,10,13H,4,6,8-9,20H2;1H/t13-;/m0./s1. The molecule has 2 aromatic rings. The molecule has 2 aromatic carbocycles. The lowest BCUT2D eigenvalue weighted by molar-refractivity contribution is 0.167. The van der Waals surface area contributed by atoms with Crippen molar-refractivity contribution in [3.05, 3.63) is 52.0 Å². The fourth-order valence-corrected chi connectivity index (χ4v) is 3.28. The zero-order chi connectivity index (χ0) is 14.8. The molecule has 22 heavy (non-hydrogen) atoms. The fraction of sp³-hybridized carbons (Fsp3) is 0.294. The highest BCUT2D eigenvalue weighted by Gasteiger charge is 2.22. The minimum Gasteiger partial charge on any atom is -0.489 e. The Morgan fingerprint density at radius 2 is 1.95 bits per heavy atom. The van der Waals surface area contributed by atoms with Gasteiger partial charge in [-0.2, -0.15) is 0 Å². The second-order valence-corrected chi connectivity index (χ2v) is 6.12. The van der Waals surface area contributed by atoms with Gasteiger partial charge in [-0.25, -0.2) is 0 Å². The van der Waals surface area contributed by atoms with Crippen molar-refractivity contribution in [2.24, 2.45) is 5.73 Å². The lowest BCUT2D eigenvalue weighted by Crippen LogP contribution is -2.25. The maximum Gasteiger partial charge on any atom is 0.130 e. The number of hydrogen-bond donors (Lipinski definition) is 1. The number of aryl methyl sites for hydroxylation is 1. The highest BCUT2D eigenvalue weighted by Crippen LogP contribution is 2.41. The molecule has 0 aromatic heterocycles. The maximum atomic E-state index is 6.34. The van der Waals surface area contributed by atoms with Crippen molar-refractivity contribution >= 4 is 35.6 Å². The van der Waals surface area contributed by atoms with E-state index < -0.39 is 0 Å². The number of fused-ring (bicyclic) bond motifs is 1. The molecule has 3 rings (SSSR count). The topological polar surface area (TPSA) is 35.2 Å². The summed E-state index contributed by atoms with van der Waals surface area (Å²) >= 11 is 12.3. The van der Waals surface area contributed by atoms with E-state index in [2.05, 4.69) is 6.07 Å². The molecule has 0 radical (unpaired) electrons. The van der Waals surface area contributed by atoms with Crippen molar-refractivity contribution in [1.29, 1.82) is 0 Å². The van der Waals surface area contributed by atoms with Gasteiger partial charge in [0, 0.05) is 16.1 Å². The van der Waals surface area contributed by atoms with Gasteiger partial charge in [0.2, 0.25) is 0 Å². The van der Waals surface area contributed by atoms with Gasteiger partial charge in [-0.3, -0.25) is 0 Å². The SMILES string of the molecule is Cl.NCC[C@@H]1CCc2cccc(-c3ccc(Cl)cc3Cl)c2O1. The van der Waals surface area contributed by atoms with Crippen LogP contribution in [-0.4, -0.2) is 12.6 Å². The second-order valence-electron chi connectivity index (χ2n) is 5.27. The molecule has 1 aliphatic heterocycles. The Labute approximate surface area is 147 Å². The van der Waals surface area contributed by atoms with E-state index >= 15 is 0 Å². The number of nitrogens with two attached hydrogens (primary N) is 1. The molecule has 1 heterocycles. The van der Waals surface area contributed by atoms with Crippen molar-refractivity contribution in [2.75, 3.05) is 6.54 Å². The lowest BCUT2D eigenvalue weighted by Gasteiger charge is -2.28. The third kappa shape index (κ3) is 3.52. The van der Waals surface area contributed by atoms with E-state index in [4.69, 9.17) is 33.7 Å². The summed E-state index contributed by atoms with van der Waals surface area (Å²) in [4.78, 5) is 0. The molecule has 2 N–H and O–H groups in total. The van der Waals surface area contributed by atoms with E-state index in [0.29, 0.717) is 16.6 Å². The molecule has 0 amide bonds. The molecule has 118 valence electrons. The average molecular weight is 359 g/mol. The Bertz CT molecular complexity index is 660. The number of rotatable bonds is 3. The van der Waals surface area contributed by atoms with Gasteiger partial charge in [0.05, 0.1) is 5.02 Å². The number of para-hydroxylation sites is 1. The van der Waals surface area contributed by atoms with Crippen LogP contribution in [0.2, 0.25) is 10.0 Å². The Kier molecular flexibility index (Phi) is 5.99. The maximum absolute atomic E-state index is 6.34. The molecule has 1 atom stereocenters. The molecule has 1 aliphatic rings. The first-order chi connectivity index (χ1) is 10.2. The van der Waals surface area contributed by atoms with Crippen LogP contribution in [0.4, 0.5) is 0 Å². The summed E-state index contributed by atoms with van der Waals surface area (Å²) in [5, 5.41) is 1.27. The first-order valence-corrected chi connectivity index (χ1v) is 7.88. The molecule has 0 fully saturated rings. The van der Waals surface area contributed by atoms with E-state index in [1.54, 1.807) is 6.07 Å². The molecule has 0 saturated heterocycles. The lowest BCUT2D eigenvalue weighted by atomic mass is 9.95. The van der Waals surface area contributed by atoms with Crippen molar-refractivity contribution in [3.63, 3.8) is 0 Å². The molecule has 2 nitrogen and oxygen atoms in total. The van der Waals surface area contributed by atoms with E-state index in [1.165, 1.54) is 5.56 Å². The molecular weight excluding hydrogens is 341 g/mol. The molecule has 0 bridgehead atoms. The van der Waals surface area contributed by atoms with E-state index in [-0.39, 0.29) is 18.5 Å². The first kappa shape index (κ1) is 17.4. The van der Waals surface area contributed by atoms with Gasteiger partial charge in [-0.1, -0.05) is 47.5 Å². The van der Waals surface area contributed by atoms with Gasteiger partial charge in [0.25, 0.3) is 0 Å². The van der Waals surface area contributed by atoms with Crippen LogP contribution in [0.15, 0.2) is 36.4 Å². The monoisotopic (exact) mass is 357 g/mol. The summed E-state index contributed by atoms with van der Waals surface area (Å²) in [5.74, 6) is 0.937. The smallest absolute Gasteiger partial charge is 0.130 e. The summed E-state index contributed by atoms with van der Waals surface area (Å²) < 4.78 is 6.17. The zero-order valence-electron chi connectivity index (χ0n) is 12.0. The van der Waals surface area contributed by atoms with E-state index in [9.17, 15) is 0 Å². The number of hydrogen-bond acceptors (Lipinski definition) is 2. The van der Waals surface area contributed by atoms with Crippen molar-refractivity contribution in [1.82, 2.24) is 0 Å². The van der Waals surface area contributed by atoms with Gasteiger partial charge < -0.3 is 10.5 Å². The summed E-state index contributed by atoms with van der Waals surface area (Å²) in [6, 6.07) is 11.8. The van der Waals surface area contributed by atoms with Gasteiger partial charge in [0.15, 0.2) is 0 Å². The van der Waals surface area contributed by atoms with Crippen LogP contribution in [0.3, 0.4) is 0 Å². The molecule has 0 aliphatic carbocycles. The van der Waals surface area contributed by atoms with Crippen LogP contribution in [0, 0.1) is 0 Å². The highest BCUT2D eigenvalue weighted by molar-refractivity contribution is 6.36. The van der Waals surface area contributed by atoms with Crippen LogP contribution in [0.5, 0.6) is 5.75 Å². The summed E-state index contributed by atoms with van der Waals surface area (Å²) in [6.07, 6.45) is 3.10. The molecule has 0 saturated carbocycles. The third-order valence-corrected chi connectivity index (χ3v) is 4.37. The van der Waals surface area contributed by atoms with Crippen molar-refractivity contribution in [3.8, 4) is 16.9 Å². The van der Waals surface area contributed by atoms with Crippen LogP contribution < -0.4 is 10.5 Å². The Hall–Kier alpha value is -0.930. The minimum atomic E-state index is 0. The average Bonchev–Trinajstić information content (AvgIpc) is 2.47. The first-order valence-electron chi connectivity index (χ1n) is 7.13. The van der Waals surface area contributed by atoms with Crippen LogP contribution in [-0.2, 0) is 6.42 Å². The predicted molar refractivity (Wildman–Crippen MR) is 95.6 cm³/mol. The van der Waals surface area contributed by atoms with E-state index in [0.717, 1.165) is 36.1 Å². The number of ether oxygens (including phenoxy) is 1. The molecule has 0 unspecified atom stereocenters. The molecule has 5 heteroatoms. The van der Waals surface area contributed by atoms with Gasteiger partial charge in [-0.15, -0.1) is 12.4 Å². The zero-order valence-corrected chi connectivity index (χ0v) is 14.3. The summed E-state index contributed by atoms with van der Waals surface area (Å²) in [6.45, 7) is 0.643. The summed E-state index contributed by atoms with van der Waals surface area (Å²) in [7, 11) is 0. The van der Waals surface area contributed by atoms with Gasteiger partial charge >= 0.3 is 0 Å². The largest absolute Gasteiger partial charge is 0.489 e. The second kappa shape index (κ2) is 7.56. The predicted octanol–water partition coefficient (Wildman–Crippen LogP) is 5.12. The Morgan fingerprint density at radius 3 is 2.68 bits per heavy atom. The van der Waals surface area contributed by atoms with Gasteiger partial charge in [0.1, 0.15) is 11.9 Å². The van der Waals surface area contributed by atoms with E-state index in [1.807, 2.05) is 24.3 Å². The quantitative estimate of drug-likeness (QED) is 0.826. The van der Waals surface area contributed by atoms with Gasteiger partial charge in [-0.05, 0) is 43.5 Å². The normalized spacial score (nSPS) is 16.4. The van der Waals surface area contributed by atoms with Crippen LogP contribution in [0.1, 0.15) is 18.4 Å². The van der Waals surface area contributed by atoms with Crippen molar-refractivity contribution < 1.29 is 4.74 Å². The third-order valence-electron chi connectivity index (χ3n) is 3.83. The van der Waals surface area contributed by atoms with Crippen LogP contribution >= 0.6 is 35.6 Å². The number of halogens is 3. The molecular formula is C17H18Cl3NO. The Balaban J connectivity index is 0.00000176.